The Balaban J connectivity index is 1.61. The summed E-state index contributed by atoms with van der Waals surface area (Å²) < 4.78 is 1.67. The third kappa shape index (κ3) is 5.75. The molecule has 1 N–H and O–H groups in total. The molecule has 0 aliphatic rings. The van der Waals surface area contributed by atoms with Crippen molar-refractivity contribution >= 4 is 17.5 Å². The average molecular weight is 454 g/mol. The van der Waals surface area contributed by atoms with Crippen LogP contribution in [0, 0.1) is 0 Å². The molecule has 0 saturated heterocycles. The van der Waals surface area contributed by atoms with Gasteiger partial charge in [0.15, 0.2) is 5.69 Å². The van der Waals surface area contributed by atoms with Crippen molar-refractivity contribution in [2.45, 2.75) is 33.0 Å². The highest BCUT2D eigenvalue weighted by atomic mass is 16.2. The molecule has 0 aliphatic carbocycles. The molecule has 0 fully saturated rings. The number of carbonyl (C=O) groups excluding carboxylic acids is 2. The number of anilines is 1. The molecule has 0 saturated carbocycles. The topological polar surface area (TPSA) is 80.1 Å². The Hall–Kier alpha value is -4.26. The zero-order valence-electron chi connectivity index (χ0n) is 19.3. The highest BCUT2D eigenvalue weighted by Gasteiger charge is 2.25. The number of carbonyl (C=O) groups is 2. The summed E-state index contributed by atoms with van der Waals surface area (Å²) in [6, 6.07) is 27.0. The Labute approximate surface area is 199 Å². The van der Waals surface area contributed by atoms with E-state index in [4.69, 9.17) is 0 Å². The number of hydrogen-bond donors (Lipinski definition) is 1. The molecule has 7 heteroatoms. The normalized spacial score (nSPS) is 11.6. The standard InChI is InChI=1S/C27H27N5O2/c1-20(24-14-9-15-25(16-24)28-21(2)33)32(18-23-12-7-4-8-13-23)27(34)26-19-31(30-29-26)17-22-10-5-3-6-11-22/h3-16,19-20H,17-18H2,1-2H3,(H,28,33). The van der Waals surface area contributed by atoms with Crippen LogP contribution in [0.4, 0.5) is 5.69 Å². The fraction of sp³-hybridized carbons (Fsp3) is 0.185. The van der Waals surface area contributed by atoms with Gasteiger partial charge in [-0.1, -0.05) is 78.0 Å². The number of nitrogens with one attached hydrogen (secondary N) is 1. The van der Waals surface area contributed by atoms with Gasteiger partial charge in [0.05, 0.1) is 18.8 Å². The van der Waals surface area contributed by atoms with Gasteiger partial charge in [0.2, 0.25) is 5.91 Å². The van der Waals surface area contributed by atoms with Gasteiger partial charge in [0.25, 0.3) is 5.91 Å². The Morgan fingerprint density at radius 2 is 1.62 bits per heavy atom. The predicted octanol–water partition coefficient (Wildman–Crippen LogP) is 4.69. The van der Waals surface area contributed by atoms with Crippen molar-refractivity contribution < 1.29 is 9.59 Å². The van der Waals surface area contributed by atoms with Crippen LogP contribution in [0.15, 0.2) is 91.1 Å². The van der Waals surface area contributed by atoms with Crippen molar-refractivity contribution in [2.24, 2.45) is 0 Å². The van der Waals surface area contributed by atoms with Gasteiger partial charge < -0.3 is 10.2 Å². The van der Waals surface area contributed by atoms with E-state index >= 15 is 0 Å². The molecule has 2 amide bonds. The minimum Gasteiger partial charge on any atom is -0.326 e. The SMILES string of the molecule is CC(=O)Nc1cccc(C(C)N(Cc2ccccc2)C(=O)c2cn(Cc3ccccc3)nn2)c1. The molecule has 4 rings (SSSR count). The molecule has 0 aliphatic heterocycles. The van der Waals surface area contributed by atoms with Crippen LogP contribution in [0.5, 0.6) is 0 Å². The van der Waals surface area contributed by atoms with Gasteiger partial charge in [0.1, 0.15) is 0 Å². The first-order valence-electron chi connectivity index (χ1n) is 11.2. The first-order chi connectivity index (χ1) is 16.5. The number of rotatable bonds is 8. The molecule has 4 aromatic rings. The third-order valence-electron chi connectivity index (χ3n) is 5.56. The first-order valence-corrected chi connectivity index (χ1v) is 11.2. The maximum absolute atomic E-state index is 13.6. The van der Waals surface area contributed by atoms with Crippen molar-refractivity contribution in [2.75, 3.05) is 5.32 Å². The zero-order chi connectivity index (χ0) is 23.9. The van der Waals surface area contributed by atoms with Crippen LogP contribution in [-0.2, 0) is 17.9 Å². The van der Waals surface area contributed by atoms with Gasteiger partial charge in [-0.3, -0.25) is 9.59 Å². The minimum atomic E-state index is -0.263. The van der Waals surface area contributed by atoms with Crippen molar-refractivity contribution in [1.82, 2.24) is 19.9 Å². The van der Waals surface area contributed by atoms with E-state index in [1.807, 2.05) is 91.9 Å². The van der Waals surface area contributed by atoms with Crippen LogP contribution in [0.2, 0.25) is 0 Å². The van der Waals surface area contributed by atoms with Crippen LogP contribution < -0.4 is 5.32 Å². The fourth-order valence-electron chi connectivity index (χ4n) is 3.82. The van der Waals surface area contributed by atoms with E-state index in [0.29, 0.717) is 18.8 Å². The molecule has 0 spiro atoms. The van der Waals surface area contributed by atoms with Crippen molar-refractivity contribution in [3.05, 3.63) is 114 Å². The number of amides is 2. The molecule has 1 unspecified atom stereocenters. The van der Waals surface area contributed by atoms with E-state index in [2.05, 4.69) is 15.6 Å². The van der Waals surface area contributed by atoms with E-state index < -0.39 is 0 Å². The molecule has 3 aromatic carbocycles. The second-order valence-corrected chi connectivity index (χ2v) is 8.19. The summed E-state index contributed by atoms with van der Waals surface area (Å²) in [6.45, 7) is 4.40. The smallest absolute Gasteiger partial charge is 0.276 e. The molecule has 0 radical (unpaired) electrons. The summed E-state index contributed by atoms with van der Waals surface area (Å²) in [6.07, 6.45) is 1.69. The molecule has 172 valence electrons. The summed E-state index contributed by atoms with van der Waals surface area (Å²) in [5.74, 6) is -0.349. The zero-order valence-corrected chi connectivity index (χ0v) is 19.3. The molecule has 7 nitrogen and oxygen atoms in total. The lowest BCUT2D eigenvalue weighted by Crippen LogP contribution is -2.33. The summed E-state index contributed by atoms with van der Waals surface area (Å²) in [5, 5.41) is 11.2. The number of hydrogen-bond acceptors (Lipinski definition) is 4. The van der Waals surface area contributed by atoms with Gasteiger partial charge >= 0.3 is 0 Å². The van der Waals surface area contributed by atoms with E-state index in [9.17, 15) is 9.59 Å². The van der Waals surface area contributed by atoms with Gasteiger partial charge in [-0.2, -0.15) is 0 Å². The summed E-state index contributed by atoms with van der Waals surface area (Å²) in [5.41, 5.74) is 3.98. The average Bonchev–Trinajstić information content (AvgIpc) is 3.31. The van der Waals surface area contributed by atoms with Gasteiger partial charge in [-0.25, -0.2) is 4.68 Å². The monoisotopic (exact) mass is 453 g/mol. The Morgan fingerprint density at radius 3 is 2.29 bits per heavy atom. The quantitative estimate of drug-likeness (QED) is 0.420. The second kappa shape index (κ2) is 10.6. The molecule has 0 bridgehead atoms. The molecule has 34 heavy (non-hydrogen) atoms. The molecular weight excluding hydrogens is 426 g/mol. The van der Waals surface area contributed by atoms with Crippen LogP contribution in [0.25, 0.3) is 0 Å². The maximum Gasteiger partial charge on any atom is 0.276 e. The molecule has 1 heterocycles. The largest absolute Gasteiger partial charge is 0.326 e. The van der Waals surface area contributed by atoms with Crippen LogP contribution in [-0.4, -0.2) is 31.7 Å². The van der Waals surface area contributed by atoms with E-state index in [1.165, 1.54) is 6.92 Å². The summed E-state index contributed by atoms with van der Waals surface area (Å²) in [4.78, 5) is 26.9. The Kier molecular flexibility index (Phi) is 7.13. The lowest BCUT2D eigenvalue weighted by molar-refractivity contribution is -0.114. The summed E-state index contributed by atoms with van der Waals surface area (Å²) in [7, 11) is 0. The van der Waals surface area contributed by atoms with Crippen molar-refractivity contribution in [1.29, 1.82) is 0 Å². The highest BCUT2D eigenvalue weighted by molar-refractivity contribution is 5.92. The van der Waals surface area contributed by atoms with E-state index in [1.54, 1.807) is 15.8 Å². The van der Waals surface area contributed by atoms with E-state index in [-0.39, 0.29) is 23.6 Å². The minimum absolute atomic E-state index is 0.142. The lowest BCUT2D eigenvalue weighted by atomic mass is 10.0. The van der Waals surface area contributed by atoms with Crippen LogP contribution >= 0.6 is 0 Å². The second-order valence-electron chi connectivity index (χ2n) is 8.19. The van der Waals surface area contributed by atoms with Crippen molar-refractivity contribution in [3.63, 3.8) is 0 Å². The number of aromatic nitrogens is 3. The van der Waals surface area contributed by atoms with Crippen LogP contribution in [0.3, 0.4) is 0 Å². The molecule has 1 aromatic heterocycles. The molecule has 1 atom stereocenters. The third-order valence-corrected chi connectivity index (χ3v) is 5.56. The van der Waals surface area contributed by atoms with Gasteiger partial charge in [-0.15, -0.1) is 5.10 Å². The van der Waals surface area contributed by atoms with Crippen LogP contribution in [0.1, 0.15) is 47.1 Å². The Morgan fingerprint density at radius 1 is 0.941 bits per heavy atom. The van der Waals surface area contributed by atoms with Crippen molar-refractivity contribution in [3.8, 4) is 0 Å². The maximum atomic E-state index is 13.6. The lowest BCUT2D eigenvalue weighted by Gasteiger charge is -2.29. The number of nitrogens with zero attached hydrogens (tertiary/aromatic N) is 4. The Bertz CT molecular complexity index is 1250. The highest BCUT2D eigenvalue weighted by Crippen LogP contribution is 2.26. The number of benzene rings is 3. The fourth-order valence-corrected chi connectivity index (χ4v) is 3.82. The first kappa shape index (κ1) is 22.9. The van der Waals surface area contributed by atoms with Gasteiger partial charge in [0, 0.05) is 19.2 Å². The van der Waals surface area contributed by atoms with Gasteiger partial charge in [-0.05, 0) is 35.7 Å². The molecular formula is C27H27N5O2. The van der Waals surface area contributed by atoms with E-state index in [0.717, 1.165) is 16.7 Å². The predicted molar refractivity (Wildman–Crippen MR) is 131 cm³/mol. The summed E-state index contributed by atoms with van der Waals surface area (Å²) >= 11 is 0.